The minimum absolute atomic E-state index is 0.359. The average molecular weight is 539 g/mol. The van der Waals surface area contributed by atoms with Crippen LogP contribution in [-0.4, -0.2) is 14.2 Å². The average Bonchev–Trinajstić information content (AvgIpc) is 2.94. The number of benzene rings is 3. The smallest absolute Gasteiger partial charge is 0.0351 e. The van der Waals surface area contributed by atoms with Gasteiger partial charge in [-0.05, 0) is 60.8 Å². The highest BCUT2D eigenvalue weighted by molar-refractivity contribution is 5.61. The van der Waals surface area contributed by atoms with Gasteiger partial charge in [0.05, 0.1) is 0 Å². The van der Waals surface area contributed by atoms with Gasteiger partial charge in [0.2, 0.25) is 0 Å². The van der Waals surface area contributed by atoms with Crippen LogP contribution in [0, 0.1) is 31.1 Å². The van der Waals surface area contributed by atoms with Gasteiger partial charge in [0, 0.05) is 26.2 Å². The Bertz CT molecular complexity index is 1110. The van der Waals surface area contributed by atoms with Gasteiger partial charge in [-0.2, -0.15) is 0 Å². The van der Waals surface area contributed by atoms with E-state index in [1.807, 2.05) is 36.4 Å². The SMILES string of the molecule is C=C.C=CCc1ccccc1.C=Cc1cc(C)cc(C)c1C#CCCC(C)(C)C.CCc1ccccc1.COC. The zero-order valence-corrected chi connectivity index (χ0v) is 26.6. The molecular formula is C39H54O. The van der Waals surface area contributed by atoms with Crippen LogP contribution < -0.4 is 0 Å². The second kappa shape index (κ2) is 24.4. The van der Waals surface area contributed by atoms with Crippen molar-refractivity contribution < 1.29 is 4.74 Å². The Morgan fingerprint density at radius 3 is 1.73 bits per heavy atom. The van der Waals surface area contributed by atoms with E-state index in [0.717, 1.165) is 36.8 Å². The topological polar surface area (TPSA) is 9.23 Å². The molecule has 0 radical (unpaired) electrons. The molecule has 0 atom stereocenters. The molecule has 0 fully saturated rings. The zero-order valence-electron chi connectivity index (χ0n) is 26.6. The number of allylic oxidation sites excluding steroid dienone is 1. The van der Waals surface area contributed by atoms with Crippen LogP contribution in [0.1, 0.15) is 73.9 Å². The largest absolute Gasteiger partial charge is 0.388 e. The van der Waals surface area contributed by atoms with Crippen molar-refractivity contribution in [3.8, 4) is 11.8 Å². The molecular weight excluding hydrogens is 484 g/mol. The Kier molecular flexibility index (Phi) is 23.6. The maximum atomic E-state index is 4.25. The third kappa shape index (κ3) is 20.4. The van der Waals surface area contributed by atoms with E-state index in [4.69, 9.17) is 0 Å². The van der Waals surface area contributed by atoms with Crippen LogP contribution in [0.25, 0.3) is 6.08 Å². The molecule has 0 spiro atoms. The van der Waals surface area contributed by atoms with Crippen LogP contribution in [0.5, 0.6) is 0 Å². The molecule has 3 aromatic carbocycles. The molecule has 3 aromatic rings. The van der Waals surface area contributed by atoms with E-state index in [9.17, 15) is 0 Å². The molecule has 0 bridgehead atoms. The maximum absolute atomic E-state index is 4.25. The van der Waals surface area contributed by atoms with Crippen molar-refractivity contribution in [3.63, 3.8) is 0 Å². The molecule has 3 rings (SSSR count). The first-order valence-electron chi connectivity index (χ1n) is 13.9. The lowest BCUT2D eigenvalue weighted by Crippen LogP contribution is -2.03. The van der Waals surface area contributed by atoms with E-state index in [0.29, 0.717) is 5.41 Å². The fraction of sp³-hybridized carbons (Fsp3) is 0.333. The highest BCUT2D eigenvalue weighted by atomic mass is 16.4. The summed E-state index contributed by atoms with van der Waals surface area (Å²) >= 11 is 0. The lowest BCUT2D eigenvalue weighted by molar-refractivity contribution is 0.277. The van der Waals surface area contributed by atoms with Crippen molar-refractivity contribution in [2.24, 2.45) is 5.41 Å². The van der Waals surface area contributed by atoms with E-state index in [1.54, 1.807) is 14.2 Å². The lowest BCUT2D eigenvalue weighted by atomic mass is 9.90. The number of hydrogen-bond acceptors (Lipinski definition) is 1. The van der Waals surface area contributed by atoms with Crippen molar-refractivity contribution in [1.29, 1.82) is 0 Å². The fourth-order valence-electron chi connectivity index (χ4n) is 3.42. The van der Waals surface area contributed by atoms with Crippen LogP contribution in [0.2, 0.25) is 0 Å². The first-order valence-corrected chi connectivity index (χ1v) is 13.9. The summed E-state index contributed by atoms with van der Waals surface area (Å²) in [6.07, 6.45) is 8.01. The Labute approximate surface area is 247 Å². The number of methoxy groups -OCH3 is 1. The standard InChI is InChI=1S/C18H24.C9H10.C8H10.C2H6O.C2H4/c1-7-16-13-14(2)12-15(3)17(16)10-8-9-11-18(4,5)6;1-2-6-9-7-4-3-5-8-9;1-2-8-6-4-3-5-7-8;1-3-2;1-2/h7,12-13H,1,9,11H2,2-6H3;2-5,7-8H,1,6H2;3-7H,2H2,1H3;1-2H3;1-2H2. The summed E-state index contributed by atoms with van der Waals surface area (Å²) in [5.74, 6) is 6.61. The number of rotatable bonds is 5. The zero-order chi connectivity index (χ0) is 30.8. The normalized spacial score (nSPS) is 9.20. The maximum Gasteiger partial charge on any atom is 0.0351 e. The summed E-state index contributed by atoms with van der Waals surface area (Å²) < 4.78 is 4.25. The van der Waals surface area contributed by atoms with E-state index >= 15 is 0 Å². The number of hydrogen-bond donors (Lipinski definition) is 0. The Morgan fingerprint density at radius 2 is 1.32 bits per heavy atom. The van der Waals surface area contributed by atoms with Gasteiger partial charge in [0.15, 0.2) is 0 Å². The van der Waals surface area contributed by atoms with Gasteiger partial charge in [-0.15, -0.1) is 19.7 Å². The molecule has 0 unspecified atom stereocenters. The predicted molar refractivity (Wildman–Crippen MR) is 182 cm³/mol. The molecule has 0 saturated heterocycles. The Morgan fingerprint density at radius 1 is 0.825 bits per heavy atom. The fourth-order valence-corrected chi connectivity index (χ4v) is 3.42. The number of ether oxygens (including phenoxy) is 1. The molecule has 1 heteroatoms. The molecule has 0 saturated carbocycles. The molecule has 216 valence electrons. The first-order chi connectivity index (χ1) is 19.1. The van der Waals surface area contributed by atoms with E-state index in [-0.39, 0.29) is 0 Å². The molecule has 0 amide bonds. The van der Waals surface area contributed by atoms with Gasteiger partial charge in [0.25, 0.3) is 0 Å². The summed E-state index contributed by atoms with van der Waals surface area (Å²) in [6.45, 7) is 26.7. The van der Waals surface area contributed by atoms with E-state index in [1.165, 1.54) is 22.3 Å². The van der Waals surface area contributed by atoms with Crippen LogP contribution in [0.4, 0.5) is 0 Å². The third-order valence-corrected chi connectivity index (χ3v) is 5.42. The Hall–Kier alpha value is -3.60. The van der Waals surface area contributed by atoms with Crippen LogP contribution in [-0.2, 0) is 17.6 Å². The number of aryl methyl sites for hydroxylation is 3. The molecule has 0 aliphatic carbocycles. The van der Waals surface area contributed by atoms with Crippen molar-refractivity contribution in [2.45, 2.75) is 67.2 Å². The lowest BCUT2D eigenvalue weighted by Gasteiger charge is -2.15. The van der Waals surface area contributed by atoms with Gasteiger partial charge in [0.1, 0.15) is 0 Å². The second-order valence-electron chi connectivity index (χ2n) is 10.3. The van der Waals surface area contributed by atoms with Gasteiger partial charge >= 0.3 is 0 Å². The molecule has 0 aliphatic rings. The highest BCUT2D eigenvalue weighted by Crippen LogP contribution is 2.21. The summed E-state index contributed by atoms with van der Waals surface area (Å²) in [5, 5.41) is 0. The molecule has 1 nitrogen and oxygen atoms in total. The minimum Gasteiger partial charge on any atom is -0.388 e. The van der Waals surface area contributed by atoms with E-state index in [2.05, 4.69) is 133 Å². The molecule has 0 aliphatic heterocycles. The molecule has 40 heavy (non-hydrogen) atoms. The molecule has 0 heterocycles. The van der Waals surface area contributed by atoms with Gasteiger partial charge in [-0.25, -0.2) is 0 Å². The predicted octanol–water partition coefficient (Wildman–Crippen LogP) is 10.9. The van der Waals surface area contributed by atoms with Gasteiger partial charge in [-0.3, -0.25) is 0 Å². The van der Waals surface area contributed by atoms with Crippen LogP contribution in [0.3, 0.4) is 0 Å². The first kappa shape index (κ1) is 38.5. The minimum atomic E-state index is 0.359. The van der Waals surface area contributed by atoms with Gasteiger partial charge < -0.3 is 4.74 Å². The third-order valence-electron chi connectivity index (χ3n) is 5.42. The van der Waals surface area contributed by atoms with Crippen molar-refractivity contribution >= 4 is 6.08 Å². The summed E-state index contributed by atoms with van der Waals surface area (Å²) in [5.41, 5.74) is 7.88. The highest BCUT2D eigenvalue weighted by Gasteiger charge is 2.08. The van der Waals surface area contributed by atoms with E-state index < -0.39 is 0 Å². The quantitative estimate of drug-likeness (QED) is 0.232. The summed E-state index contributed by atoms with van der Waals surface area (Å²) in [4.78, 5) is 0. The van der Waals surface area contributed by atoms with Crippen LogP contribution >= 0.6 is 0 Å². The molecule has 0 aromatic heterocycles. The Balaban J connectivity index is 0. The van der Waals surface area contributed by atoms with Gasteiger partial charge in [-0.1, -0.05) is 137 Å². The second-order valence-corrected chi connectivity index (χ2v) is 10.3. The van der Waals surface area contributed by atoms with Crippen LogP contribution in [0.15, 0.2) is 105 Å². The summed E-state index contributed by atoms with van der Waals surface area (Å²) in [7, 11) is 3.25. The molecule has 0 N–H and O–H groups in total. The van der Waals surface area contributed by atoms with Crippen molar-refractivity contribution in [2.75, 3.05) is 14.2 Å². The van der Waals surface area contributed by atoms with Crippen molar-refractivity contribution in [1.82, 2.24) is 0 Å². The monoisotopic (exact) mass is 538 g/mol. The summed E-state index contributed by atoms with van der Waals surface area (Å²) in [6, 6.07) is 25.1. The van der Waals surface area contributed by atoms with Crippen molar-refractivity contribution in [3.05, 3.63) is 139 Å².